The van der Waals surface area contributed by atoms with Gasteiger partial charge in [-0.05, 0) is 6.92 Å². The first kappa shape index (κ1) is 13.0. The summed E-state index contributed by atoms with van der Waals surface area (Å²) in [4.78, 5) is 4.02. The van der Waals surface area contributed by atoms with E-state index in [0.717, 1.165) is 11.5 Å². The molecule has 0 aliphatic heterocycles. The zero-order valence-electron chi connectivity index (χ0n) is 8.92. The van der Waals surface area contributed by atoms with Gasteiger partial charge in [-0.25, -0.2) is 4.98 Å². The lowest BCUT2D eigenvalue weighted by molar-refractivity contribution is -0.174. The van der Waals surface area contributed by atoms with Gasteiger partial charge < -0.3 is 15.0 Å². The summed E-state index contributed by atoms with van der Waals surface area (Å²) in [6.45, 7) is 1.17. The number of nitrogens with two attached hydrogens (primary N) is 1. The van der Waals surface area contributed by atoms with E-state index >= 15 is 0 Å². The molecule has 0 fully saturated rings. The second-order valence-electron chi connectivity index (χ2n) is 3.32. The van der Waals surface area contributed by atoms with Gasteiger partial charge in [0.25, 0.3) is 0 Å². The van der Waals surface area contributed by atoms with E-state index in [0.29, 0.717) is 13.1 Å². The summed E-state index contributed by atoms with van der Waals surface area (Å²) in [6, 6.07) is 0. The third kappa shape index (κ3) is 3.82. The van der Waals surface area contributed by atoms with E-state index in [9.17, 15) is 13.2 Å². The summed E-state index contributed by atoms with van der Waals surface area (Å²) in [6.07, 6.45) is -2.67. The van der Waals surface area contributed by atoms with Gasteiger partial charge in [-0.3, -0.25) is 0 Å². The van der Waals surface area contributed by atoms with E-state index in [-0.39, 0.29) is 6.61 Å². The van der Waals surface area contributed by atoms with E-state index < -0.39 is 12.8 Å². The molecule has 0 aliphatic rings. The molecule has 0 atom stereocenters. The molecule has 16 heavy (non-hydrogen) atoms. The van der Waals surface area contributed by atoms with Crippen LogP contribution in [0.5, 0.6) is 0 Å². The summed E-state index contributed by atoms with van der Waals surface area (Å²) in [5, 5.41) is 0. The number of aryl methyl sites for hydroxylation is 1. The average Bonchev–Trinajstić information content (AvgIpc) is 2.53. The Kier molecular flexibility index (Phi) is 4.31. The Labute approximate surface area is 91.2 Å². The molecule has 7 heteroatoms. The molecule has 1 aromatic heterocycles. The monoisotopic (exact) mass is 237 g/mol. The highest BCUT2D eigenvalue weighted by Crippen LogP contribution is 2.14. The van der Waals surface area contributed by atoms with Crippen molar-refractivity contribution in [3.8, 4) is 0 Å². The SMILES string of the molecule is Cc1ncc(CN)n1CCOCC(F)(F)F. The fourth-order valence-corrected chi connectivity index (χ4v) is 1.33. The Hall–Kier alpha value is -1.08. The maximum atomic E-state index is 11.8. The molecule has 0 amide bonds. The first-order valence-electron chi connectivity index (χ1n) is 4.79. The van der Waals surface area contributed by atoms with Crippen molar-refractivity contribution < 1.29 is 17.9 Å². The zero-order valence-corrected chi connectivity index (χ0v) is 8.92. The number of hydrogen-bond donors (Lipinski definition) is 1. The molecule has 0 radical (unpaired) electrons. The zero-order chi connectivity index (χ0) is 12.2. The van der Waals surface area contributed by atoms with Crippen molar-refractivity contribution in [3.05, 3.63) is 17.7 Å². The number of hydrogen-bond acceptors (Lipinski definition) is 3. The van der Waals surface area contributed by atoms with Crippen molar-refractivity contribution in [2.45, 2.75) is 26.2 Å². The summed E-state index contributed by atoms with van der Waals surface area (Å²) in [5.41, 5.74) is 6.24. The van der Waals surface area contributed by atoms with E-state index in [1.165, 1.54) is 0 Å². The minimum Gasteiger partial charge on any atom is -0.370 e. The van der Waals surface area contributed by atoms with Gasteiger partial charge in [-0.2, -0.15) is 13.2 Å². The molecule has 2 N–H and O–H groups in total. The van der Waals surface area contributed by atoms with Crippen molar-refractivity contribution in [1.29, 1.82) is 0 Å². The minimum absolute atomic E-state index is 0.0102. The highest BCUT2D eigenvalue weighted by molar-refractivity contribution is 5.03. The van der Waals surface area contributed by atoms with E-state index in [2.05, 4.69) is 9.72 Å². The molecule has 0 spiro atoms. The Balaban J connectivity index is 2.40. The molecule has 0 unspecified atom stereocenters. The third-order valence-electron chi connectivity index (χ3n) is 2.07. The van der Waals surface area contributed by atoms with Crippen LogP contribution in [0.3, 0.4) is 0 Å². The Bertz CT molecular complexity index is 335. The number of halogens is 3. The average molecular weight is 237 g/mol. The maximum absolute atomic E-state index is 11.8. The molecule has 1 heterocycles. The van der Waals surface area contributed by atoms with Crippen molar-refractivity contribution in [3.63, 3.8) is 0 Å². The second-order valence-corrected chi connectivity index (χ2v) is 3.32. The molecule has 1 aromatic rings. The molecule has 0 saturated heterocycles. The van der Waals surface area contributed by atoms with Crippen LogP contribution in [0.25, 0.3) is 0 Å². The van der Waals surface area contributed by atoms with Gasteiger partial charge in [0.15, 0.2) is 0 Å². The highest BCUT2D eigenvalue weighted by Gasteiger charge is 2.27. The summed E-state index contributed by atoms with van der Waals surface area (Å²) in [5.74, 6) is 0.719. The van der Waals surface area contributed by atoms with E-state index in [4.69, 9.17) is 5.73 Å². The van der Waals surface area contributed by atoms with Crippen molar-refractivity contribution in [1.82, 2.24) is 9.55 Å². The lowest BCUT2D eigenvalue weighted by atomic mass is 10.4. The quantitative estimate of drug-likeness (QED) is 0.783. The molecule has 0 saturated carbocycles. The smallest absolute Gasteiger partial charge is 0.370 e. The second kappa shape index (κ2) is 5.31. The van der Waals surface area contributed by atoms with Crippen LogP contribution in [0.1, 0.15) is 11.5 Å². The number of nitrogens with zero attached hydrogens (tertiary/aromatic N) is 2. The highest BCUT2D eigenvalue weighted by atomic mass is 19.4. The van der Waals surface area contributed by atoms with E-state index in [1.807, 2.05) is 0 Å². The van der Waals surface area contributed by atoms with Crippen LogP contribution in [-0.2, 0) is 17.8 Å². The van der Waals surface area contributed by atoms with Gasteiger partial charge in [-0.1, -0.05) is 0 Å². The molecular formula is C9H14F3N3O. The molecular weight excluding hydrogens is 223 g/mol. The fraction of sp³-hybridized carbons (Fsp3) is 0.667. The summed E-state index contributed by atoms with van der Waals surface area (Å²) in [7, 11) is 0. The number of imidazole rings is 1. The first-order chi connectivity index (χ1) is 7.44. The molecule has 0 aromatic carbocycles. The number of aromatic nitrogens is 2. The van der Waals surface area contributed by atoms with Gasteiger partial charge in [-0.15, -0.1) is 0 Å². The van der Waals surface area contributed by atoms with Gasteiger partial charge in [0.05, 0.1) is 12.3 Å². The van der Waals surface area contributed by atoms with Crippen molar-refractivity contribution in [2.24, 2.45) is 5.73 Å². The van der Waals surface area contributed by atoms with Gasteiger partial charge >= 0.3 is 6.18 Å². The Morgan fingerprint density at radius 2 is 2.19 bits per heavy atom. The molecule has 1 rings (SSSR count). The number of alkyl halides is 3. The largest absolute Gasteiger partial charge is 0.411 e. The minimum atomic E-state index is -4.28. The molecule has 4 nitrogen and oxygen atoms in total. The predicted molar refractivity (Wildman–Crippen MR) is 51.7 cm³/mol. The Morgan fingerprint density at radius 3 is 2.75 bits per heavy atom. The number of ether oxygens (including phenoxy) is 1. The van der Waals surface area contributed by atoms with Crippen LogP contribution in [0, 0.1) is 6.92 Å². The summed E-state index contributed by atoms with van der Waals surface area (Å²) < 4.78 is 41.6. The van der Waals surface area contributed by atoms with Crippen molar-refractivity contribution >= 4 is 0 Å². The van der Waals surface area contributed by atoms with Crippen molar-refractivity contribution in [2.75, 3.05) is 13.2 Å². The fourth-order valence-electron chi connectivity index (χ4n) is 1.33. The van der Waals surface area contributed by atoms with Gasteiger partial charge in [0.1, 0.15) is 12.4 Å². The molecule has 0 bridgehead atoms. The predicted octanol–water partition coefficient (Wildman–Crippen LogP) is 1.23. The first-order valence-corrected chi connectivity index (χ1v) is 4.79. The summed E-state index contributed by atoms with van der Waals surface area (Å²) >= 11 is 0. The van der Waals surface area contributed by atoms with Gasteiger partial charge in [0, 0.05) is 19.3 Å². The number of rotatable bonds is 5. The normalized spacial score (nSPS) is 12.1. The lowest BCUT2D eigenvalue weighted by Crippen LogP contribution is -2.20. The molecule has 0 aliphatic carbocycles. The van der Waals surface area contributed by atoms with Crippen LogP contribution < -0.4 is 5.73 Å². The van der Waals surface area contributed by atoms with Crippen LogP contribution in [-0.4, -0.2) is 28.9 Å². The van der Waals surface area contributed by atoms with Crippen LogP contribution in [0.2, 0.25) is 0 Å². The van der Waals surface area contributed by atoms with Crippen LogP contribution in [0.15, 0.2) is 6.20 Å². The van der Waals surface area contributed by atoms with E-state index in [1.54, 1.807) is 17.7 Å². The lowest BCUT2D eigenvalue weighted by Gasteiger charge is -2.10. The third-order valence-corrected chi connectivity index (χ3v) is 2.07. The van der Waals surface area contributed by atoms with Crippen LogP contribution in [0.4, 0.5) is 13.2 Å². The van der Waals surface area contributed by atoms with Gasteiger partial charge in [0.2, 0.25) is 0 Å². The maximum Gasteiger partial charge on any atom is 0.411 e. The molecule has 92 valence electrons. The standard InChI is InChI=1S/C9H14F3N3O/c1-7-14-5-8(4-13)15(7)2-3-16-6-9(10,11)12/h5H,2-4,6,13H2,1H3. The van der Waals surface area contributed by atoms with Crippen LogP contribution >= 0.6 is 0 Å². The Morgan fingerprint density at radius 1 is 1.50 bits per heavy atom. The topological polar surface area (TPSA) is 53.1 Å².